The number of amides is 1. The minimum absolute atomic E-state index is 0.0160. The molecule has 2 heterocycles. The van der Waals surface area contributed by atoms with Gasteiger partial charge in [0.15, 0.2) is 5.16 Å². The summed E-state index contributed by atoms with van der Waals surface area (Å²) in [5.41, 5.74) is 4.88. The average molecular weight is 327 g/mol. The second-order valence-corrected chi connectivity index (χ2v) is 6.25. The molecule has 0 aliphatic rings. The summed E-state index contributed by atoms with van der Waals surface area (Å²) >= 11 is 2.26. The fourth-order valence-electron chi connectivity index (χ4n) is 1.91. The second-order valence-electron chi connectivity index (χ2n) is 4.41. The lowest BCUT2D eigenvalue weighted by Gasteiger charge is -2.17. The number of hydrogen-bond donors (Lipinski definition) is 2. The minimum Gasteiger partial charge on any atom is -0.481 e. The number of thioether (sulfide) groups is 1. The molecule has 2 aromatic heterocycles. The maximum atomic E-state index is 12.5. The van der Waals surface area contributed by atoms with Gasteiger partial charge in [-0.15, -0.1) is 11.3 Å². The van der Waals surface area contributed by atoms with Crippen LogP contribution in [0.25, 0.3) is 10.2 Å². The third-order valence-corrected chi connectivity index (χ3v) is 4.50. The highest BCUT2D eigenvalue weighted by Crippen LogP contribution is 2.24. The van der Waals surface area contributed by atoms with E-state index in [1.54, 1.807) is 18.4 Å². The number of carbonyl (C=O) groups excluding carboxylic acids is 1. The third kappa shape index (κ3) is 3.42. The number of primary amides is 1. The highest BCUT2D eigenvalue weighted by atomic mass is 32.2. The molecule has 0 bridgehead atoms. The predicted molar refractivity (Wildman–Crippen MR) is 80.8 cm³/mol. The monoisotopic (exact) mass is 327 g/mol. The van der Waals surface area contributed by atoms with Crippen molar-refractivity contribution in [1.82, 2.24) is 9.55 Å². The van der Waals surface area contributed by atoms with Crippen LogP contribution in [0.2, 0.25) is 0 Å². The molecule has 2 aromatic rings. The summed E-state index contributed by atoms with van der Waals surface area (Å²) in [6, 6.07) is 1.18. The molecule has 9 heteroatoms. The summed E-state index contributed by atoms with van der Waals surface area (Å²) in [6.45, 7) is 1.68. The van der Waals surface area contributed by atoms with Crippen molar-refractivity contribution >= 4 is 45.2 Å². The number of aliphatic carboxylic acids is 1. The van der Waals surface area contributed by atoms with Gasteiger partial charge in [-0.2, -0.15) is 0 Å². The second kappa shape index (κ2) is 6.27. The van der Waals surface area contributed by atoms with E-state index in [0.29, 0.717) is 10.2 Å². The number of fused-ring (bicyclic) bond motifs is 1. The van der Waals surface area contributed by atoms with Gasteiger partial charge in [0.1, 0.15) is 4.83 Å². The zero-order valence-corrected chi connectivity index (χ0v) is 12.7. The number of thiophene rings is 1. The van der Waals surface area contributed by atoms with E-state index in [4.69, 9.17) is 10.8 Å². The quantitative estimate of drug-likeness (QED) is 0.606. The summed E-state index contributed by atoms with van der Waals surface area (Å²) in [4.78, 5) is 39.2. The first-order valence-corrected chi connectivity index (χ1v) is 7.89. The van der Waals surface area contributed by atoms with Crippen molar-refractivity contribution in [2.24, 2.45) is 5.73 Å². The third-order valence-electron chi connectivity index (χ3n) is 2.76. The van der Waals surface area contributed by atoms with Crippen LogP contribution in [0.3, 0.4) is 0 Å². The highest BCUT2D eigenvalue weighted by molar-refractivity contribution is 7.99. The Labute approximate surface area is 127 Å². The van der Waals surface area contributed by atoms with Crippen LogP contribution in [0.15, 0.2) is 21.4 Å². The Kier molecular flexibility index (Phi) is 4.63. The zero-order valence-electron chi connectivity index (χ0n) is 11.1. The van der Waals surface area contributed by atoms with Crippen molar-refractivity contribution in [2.75, 3.05) is 5.75 Å². The molecule has 1 atom stereocenters. The maximum absolute atomic E-state index is 12.5. The zero-order chi connectivity index (χ0) is 15.6. The van der Waals surface area contributed by atoms with E-state index in [1.807, 2.05) is 0 Å². The topological polar surface area (TPSA) is 115 Å². The fraction of sp³-hybridized carbons (Fsp3) is 0.333. The molecule has 1 amide bonds. The van der Waals surface area contributed by atoms with Gasteiger partial charge < -0.3 is 10.8 Å². The van der Waals surface area contributed by atoms with Crippen LogP contribution in [0, 0.1) is 0 Å². The van der Waals surface area contributed by atoms with Gasteiger partial charge >= 0.3 is 5.97 Å². The summed E-state index contributed by atoms with van der Waals surface area (Å²) in [7, 11) is 0. The smallest absolute Gasteiger partial charge is 0.313 e. The Morgan fingerprint density at radius 3 is 2.90 bits per heavy atom. The Morgan fingerprint density at radius 1 is 1.57 bits per heavy atom. The van der Waals surface area contributed by atoms with Crippen LogP contribution in [0.1, 0.15) is 19.4 Å². The molecule has 0 saturated carbocycles. The first kappa shape index (κ1) is 15.5. The highest BCUT2D eigenvalue weighted by Gasteiger charge is 2.19. The van der Waals surface area contributed by atoms with E-state index in [9.17, 15) is 14.4 Å². The van der Waals surface area contributed by atoms with Gasteiger partial charge in [-0.05, 0) is 18.4 Å². The lowest BCUT2D eigenvalue weighted by molar-refractivity contribution is -0.134. The molecule has 0 aliphatic heterocycles. The number of carbonyl (C=O) groups is 2. The molecule has 1 unspecified atom stereocenters. The number of carboxylic acid groups (broad SMARTS) is 1. The van der Waals surface area contributed by atoms with E-state index < -0.39 is 17.9 Å². The van der Waals surface area contributed by atoms with Gasteiger partial charge in [-0.25, -0.2) is 4.98 Å². The minimum atomic E-state index is -1.00. The number of hydrogen-bond acceptors (Lipinski definition) is 6. The Balaban J connectivity index is 2.54. The molecular weight excluding hydrogens is 314 g/mol. The van der Waals surface area contributed by atoms with E-state index in [2.05, 4.69) is 4.98 Å². The van der Waals surface area contributed by atoms with Crippen molar-refractivity contribution in [2.45, 2.75) is 24.5 Å². The Hall–Kier alpha value is -1.87. The van der Waals surface area contributed by atoms with Gasteiger partial charge in [0.25, 0.3) is 5.56 Å². The van der Waals surface area contributed by atoms with E-state index in [-0.39, 0.29) is 22.9 Å². The summed E-state index contributed by atoms with van der Waals surface area (Å²) in [5, 5.41) is 11.3. The Morgan fingerprint density at radius 2 is 2.29 bits per heavy atom. The van der Waals surface area contributed by atoms with Gasteiger partial charge in [0, 0.05) is 12.5 Å². The van der Waals surface area contributed by atoms with Gasteiger partial charge in [0.2, 0.25) is 5.91 Å². The number of nitrogens with zero attached hydrogens (tertiary/aromatic N) is 2. The lowest BCUT2D eigenvalue weighted by atomic mass is 10.2. The first-order valence-electron chi connectivity index (χ1n) is 6.02. The van der Waals surface area contributed by atoms with Crippen LogP contribution in [0.5, 0.6) is 0 Å². The Bertz CT molecular complexity index is 753. The van der Waals surface area contributed by atoms with Crippen molar-refractivity contribution in [1.29, 1.82) is 0 Å². The van der Waals surface area contributed by atoms with Gasteiger partial charge in [-0.1, -0.05) is 11.8 Å². The molecule has 3 N–H and O–H groups in total. The fourth-order valence-corrected chi connectivity index (χ4v) is 3.53. The van der Waals surface area contributed by atoms with Crippen LogP contribution in [-0.4, -0.2) is 32.3 Å². The average Bonchev–Trinajstić information content (AvgIpc) is 2.83. The van der Waals surface area contributed by atoms with E-state index >= 15 is 0 Å². The number of nitrogens with two attached hydrogens (primary N) is 1. The molecule has 0 aromatic carbocycles. The molecule has 0 saturated heterocycles. The van der Waals surface area contributed by atoms with E-state index in [1.165, 1.54) is 15.9 Å². The number of aromatic nitrogens is 2. The lowest BCUT2D eigenvalue weighted by Crippen LogP contribution is -2.29. The van der Waals surface area contributed by atoms with Crippen molar-refractivity contribution in [3.8, 4) is 0 Å². The number of carboxylic acids is 1. The molecule has 0 radical (unpaired) electrons. The largest absolute Gasteiger partial charge is 0.481 e. The molecule has 7 nitrogen and oxygen atoms in total. The molecule has 112 valence electrons. The molecule has 0 fully saturated rings. The standard InChI is InChI=1S/C12H13N3O4S2/c1-6(4-8(13)16)15-11(19)7-2-3-20-10(7)14-12(15)21-5-9(17)18/h2-3,6H,4-5H2,1H3,(H2,13,16)(H,17,18). The number of rotatable bonds is 6. The van der Waals surface area contributed by atoms with Crippen molar-refractivity contribution in [3.63, 3.8) is 0 Å². The molecule has 2 rings (SSSR count). The summed E-state index contributed by atoms with van der Waals surface area (Å²) in [5.74, 6) is -1.75. The molecule has 21 heavy (non-hydrogen) atoms. The molecule has 0 aliphatic carbocycles. The van der Waals surface area contributed by atoms with Crippen LogP contribution >= 0.6 is 23.1 Å². The van der Waals surface area contributed by atoms with Crippen LogP contribution in [-0.2, 0) is 9.59 Å². The SMILES string of the molecule is CC(CC(N)=O)n1c(SCC(=O)O)nc2sccc2c1=O. The van der Waals surface area contributed by atoms with Gasteiger partial charge in [0.05, 0.1) is 11.1 Å². The molecule has 0 spiro atoms. The summed E-state index contributed by atoms with van der Waals surface area (Å²) < 4.78 is 1.34. The normalized spacial score (nSPS) is 12.4. The molecular formula is C12H13N3O4S2. The first-order chi connectivity index (χ1) is 9.90. The maximum Gasteiger partial charge on any atom is 0.313 e. The predicted octanol–water partition coefficient (Wildman–Crippen LogP) is 1.07. The summed E-state index contributed by atoms with van der Waals surface area (Å²) in [6.07, 6.45) is -0.0160. The van der Waals surface area contributed by atoms with Crippen molar-refractivity contribution < 1.29 is 14.7 Å². The van der Waals surface area contributed by atoms with Gasteiger partial charge in [-0.3, -0.25) is 19.0 Å². The van der Waals surface area contributed by atoms with Crippen LogP contribution in [0.4, 0.5) is 0 Å². The van der Waals surface area contributed by atoms with Crippen LogP contribution < -0.4 is 11.3 Å². The van der Waals surface area contributed by atoms with Crippen molar-refractivity contribution in [3.05, 3.63) is 21.8 Å². The van der Waals surface area contributed by atoms with E-state index in [0.717, 1.165) is 11.8 Å².